The summed E-state index contributed by atoms with van der Waals surface area (Å²) in [6.45, 7) is 13.6. The van der Waals surface area contributed by atoms with Crippen molar-refractivity contribution in [2.75, 3.05) is 41.3 Å². The van der Waals surface area contributed by atoms with E-state index in [4.69, 9.17) is 0 Å². The second kappa shape index (κ2) is 25.5. The van der Waals surface area contributed by atoms with Gasteiger partial charge in [0.1, 0.15) is 0 Å². The Labute approximate surface area is 161 Å². The van der Waals surface area contributed by atoms with Crippen LogP contribution in [0.15, 0.2) is 0 Å². The summed E-state index contributed by atoms with van der Waals surface area (Å²) in [6, 6.07) is 0. The molecule has 1 aliphatic rings. The van der Waals surface area contributed by atoms with Crippen LogP contribution in [0.3, 0.4) is 0 Å². The fourth-order valence-electron chi connectivity index (χ4n) is 1.68. The Morgan fingerprint density at radius 3 is 1.88 bits per heavy atom. The van der Waals surface area contributed by atoms with E-state index in [0.717, 1.165) is 25.9 Å². The van der Waals surface area contributed by atoms with Crippen LogP contribution in [0.2, 0.25) is 0 Å². The minimum Gasteiger partial charge on any atom is -0.453 e. The monoisotopic (exact) mass is 377 g/mol. The molecule has 1 rings (SSSR count). The topological polar surface area (TPSA) is 79.0 Å². The first kappa shape index (κ1) is 31.9. The van der Waals surface area contributed by atoms with E-state index in [1.165, 1.54) is 12.0 Å². The maximum atomic E-state index is 11.1. The molecule has 0 unspecified atom stereocenters. The zero-order chi connectivity index (χ0) is 21.5. The van der Waals surface area contributed by atoms with Crippen LogP contribution in [-0.2, 0) is 14.3 Å². The van der Waals surface area contributed by atoms with Crippen molar-refractivity contribution < 1.29 is 19.1 Å². The molecule has 0 radical (unpaired) electrons. The van der Waals surface area contributed by atoms with Crippen molar-refractivity contribution in [3.63, 3.8) is 0 Å². The Morgan fingerprint density at radius 1 is 1.12 bits per heavy atom. The highest BCUT2D eigenvalue weighted by atomic mass is 16.5. The van der Waals surface area contributed by atoms with Gasteiger partial charge in [-0.2, -0.15) is 0 Å². The number of nitrogens with one attached hydrogen (secondary N) is 1. The Kier molecular flexibility index (Phi) is 31.3. The molecule has 0 aromatic heterocycles. The fourth-order valence-corrected chi connectivity index (χ4v) is 1.68. The van der Waals surface area contributed by atoms with Crippen LogP contribution in [0, 0.1) is 0 Å². The number of hydrogen-bond acceptors (Lipinski definition) is 4. The lowest BCUT2D eigenvalue weighted by molar-refractivity contribution is -0.128. The Hall–Kier alpha value is -1.79. The number of nitrogens with zero attached hydrogens (tertiary/aromatic N) is 2. The molecule has 1 heterocycles. The molecular formula is C19H43N3O4. The van der Waals surface area contributed by atoms with E-state index in [-0.39, 0.29) is 17.9 Å². The van der Waals surface area contributed by atoms with E-state index in [0.29, 0.717) is 12.8 Å². The molecule has 1 fully saturated rings. The fraction of sp³-hybridized carbons (Fsp3) is 0.842. The van der Waals surface area contributed by atoms with Crippen LogP contribution >= 0.6 is 0 Å². The number of amides is 3. The molecule has 7 heteroatoms. The quantitative estimate of drug-likeness (QED) is 0.813. The third-order valence-corrected chi connectivity index (χ3v) is 2.82. The van der Waals surface area contributed by atoms with Gasteiger partial charge in [-0.3, -0.25) is 9.59 Å². The van der Waals surface area contributed by atoms with Crippen molar-refractivity contribution in [1.82, 2.24) is 15.1 Å². The van der Waals surface area contributed by atoms with Crippen molar-refractivity contribution in [3.05, 3.63) is 0 Å². The van der Waals surface area contributed by atoms with Crippen molar-refractivity contribution in [1.29, 1.82) is 0 Å². The largest absolute Gasteiger partial charge is 0.453 e. The highest BCUT2D eigenvalue weighted by molar-refractivity contribution is 5.78. The van der Waals surface area contributed by atoms with Crippen molar-refractivity contribution in [2.24, 2.45) is 0 Å². The van der Waals surface area contributed by atoms with Crippen molar-refractivity contribution in [3.8, 4) is 0 Å². The molecule has 0 aromatic rings. The average Bonchev–Trinajstić information content (AvgIpc) is 3.11. The Bertz CT molecular complexity index is 335. The highest BCUT2D eigenvalue weighted by Gasteiger charge is 2.19. The molecule has 0 bridgehead atoms. The van der Waals surface area contributed by atoms with E-state index in [2.05, 4.69) is 10.1 Å². The first-order valence-electron chi connectivity index (χ1n) is 9.66. The van der Waals surface area contributed by atoms with Gasteiger partial charge in [0.15, 0.2) is 0 Å². The maximum Gasteiger partial charge on any atom is 0.408 e. The van der Waals surface area contributed by atoms with Crippen LogP contribution in [0.25, 0.3) is 0 Å². The summed E-state index contributed by atoms with van der Waals surface area (Å²) < 4.78 is 4.30. The van der Waals surface area contributed by atoms with Crippen molar-refractivity contribution in [2.45, 2.75) is 67.2 Å². The summed E-state index contributed by atoms with van der Waals surface area (Å²) in [5.41, 5.74) is 0. The van der Waals surface area contributed by atoms with E-state index in [9.17, 15) is 14.4 Å². The number of likely N-dealkylation sites (tertiary alicyclic amines) is 1. The number of rotatable bonds is 4. The van der Waals surface area contributed by atoms with Gasteiger partial charge in [-0.15, -0.1) is 0 Å². The zero-order valence-electron chi connectivity index (χ0n) is 18.8. The molecule has 0 atom stereocenters. The second-order valence-electron chi connectivity index (χ2n) is 4.63. The Morgan fingerprint density at radius 2 is 1.62 bits per heavy atom. The minimum absolute atomic E-state index is 0.0478. The molecule has 1 N–H and O–H groups in total. The summed E-state index contributed by atoms with van der Waals surface area (Å²) in [5.74, 6) is 0.281. The number of ether oxygens (including phenoxy) is 1. The normalized spacial score (nSPS) is 11.0. The lowest BCUT2D eigenvalue weighted by Gasteiger charge is -2.14. The first-order valence-corrected chi connectivity index (χ1v) is 9.66. The van der Waals surface area contributed by atoms with Crippen LogP contribution in [-0.4, -0.2) is 69.0 Å². The van der Waals surface area contributed by atoms with Gasteiger partial charge < -0.3 is 19.9 Å². The molecule has 0 saturated carbocycles. The van der Waals surface area contributed by atoms with Gasteiger partial charge in [0.25, 0.3) is 0 Å². The van der Waals surface area contributed by atoms with Crippen LogP contribution in [0.5, 0.6) is 0 Å². The predicted molar refractivity (Wildman–Crippen MR) is 109 cm³/mol. The van der Waals surface area contributed by atoms with Crippen LogP contribution in [0.1, 0.15) is 67.2 Å². The molecule has 26 heavy (non-hydrogen) atoms. The SMILES string of the molecule is CC.CC.CC.CNC(=O)CCCN1CCCC1=O.COC(=O)N(C)C. The second-order valence-corrected chi connectivity index (χ2v) is 4.63. The predicted octanol–water partition coefficient (Wildman–Crippen LogP) is 3.53. The third kappa shape index (κ3) is 20.3. The molecule has 1 saturated heterocycles. The highest BCUT2D eigenvalue weighted by Crippen LogP contribution is 2.10. The summed E-state index contributed by atoms with van der Waals surface area (Å²) in [5, 5.41) is 2.56. The number of hydrogen-bond donors (Lipinski definition) is 1. The van der Waals surface area contributed by atoms with E-state index < -0.39 is 0 Å². The summed E-state index contributed by atoms with van der Waals surface area (Å²) in [4.78, 5) is 35.4. The summed E-state index contributed by atoms with van der Waals surface area (Å²) >= 11 is 0. The van der Waals surface area contributed by atoms with Gasteiger partial charge >= 0.3 is 6.09 Å². The van der Waals surface area contributed by atoms with Crippen LogP contribution in [0.4, 0.5) is 4.79 Å². The van der Waals surface area contributed by atoms with E-state index >= 15 is 0 Å². The molecule has 158 valence electrons. The molecule has 3 amide bonds. The molecule has 7 nitrogen and oxygen atoms in total. The molecule has 0 spiro atoms. The summed E-state index contributed by atoms with van der Waals surface area (Å²) in [7, 11) is 6.24. The van der Waals surface area contributed by atoms with Gasteiger partial charge in [-0.1, -0.05) is 41.5 Å². The van der Waals surface area contributed by atoms with Gasteiger partial charge in [0, 0.05) is 47.1 Å². The van der Waals surface area contributed by atoms with E-state index in [1.807, 2.05) is 46.4 Å². The van der Waals surface area contributed by atoms with Crippen LogP contribution < -0.4 is 5.32 Å². The zero-order valence-corrected chi connectivity index (χ0v) is 18.8. The number of carbonyl (C=O) groups excluding carboxylic acids is 3. The summed E-state index contributed by atoms with van der Waals surface area (Å²) in [6.07, 6.45) is 2.62. The Balaban J connectivity index is -0.000000158. The number of carbonyl (C=O) groups is 3. The molecule has 0 aliphatic carbocycles. The molecule has 0 aromatic carbocycles. The standard InChI is InChI=1S/C9H16N2O2.C4H9NO2.3C2H6/c1-10-8(12)4-2-6-11-7-3-5-9(11)13;1-5(2)4(6)7-3;3*1-2/h2-7H2,1H3,(H,10,12);1-3H3;3*1-2H3. The third-order valence-electron chi connectivity index (χ3n) is 2.82. The first-order chi connectivity index (χ1) is 12.4. The maximum absolute atomic E-state index is 11.1. The van der Waals surface area contributed by atoms with Gasteiger partial charge in [0.2, 0.25) is 11.8 Å². The smallest absolute Gasteiger partial charge is 0.408 e. The molecular weight excluding hydrogens is 334 g/mol. The van der Waals surface area contributed by atoms with E-state index in [1.54, 1.807) is 21.1 Å². The van der Waals surface area contributed by atoms with Gasteiger partial charge in [-0.25, -0.2) is 4.79 Å². The lowest BCUT2D eigenvalue weighted by atomic mass is 10.3. The lowest BCUT2D eigenvalue weighted by Crippen LogP contribution is -2.27. The van der Waals surface area contributed by atoms with Gasteiger partial charge in [0.05, 0.1) is 7.11 Å². The molecule has 1 aliphatic heterocycles. The average molecular weight is 378 g/mol. The number of methoxy groups -OCH3 is 1. The van der Waals surface area contributed by atoms with Crippen molar-refractivity contribution >= 4 is 17.9 Å². The minimum atomic E-state index is -0.319. The van der Waals surface area contributed by atoms with Gasteiger partial charge in [-0.05, 0) is 12.8 Å².